The fourth-order valence-corrected chi connectivity index (χ4v) is 1.27. The third kappa shape index (κ3) is 3.59. The van der Waals surface area contributed by atoms with Gasteiger partial charge in [0.25, 0.3) is 0 Å². The third-order valence-electron chi connectivity index (χ3n) is 2.07. The molecule has 1 amide bonds. The molecule has 0 aromatic rings. The molecule has 1 aliphatic heterocycles. The van der Waals surface area contributed by atoms with Crippen LogP contribution in [0, 0.1) is 0 Å². The molecule has 0 unspecified atom stereocenters. The van der Waals surface area contributed by atoms with Crippen LogP contribution >= 0.6 is 0 Å². The van der Waals surface area contributed by atoms with Crippen LogP contribution in [0.5, 0.6) is 0 Å². The highest BCUT2D eigenvalue weighted by Crippen LogP contribution is 2.00. The lowest BCUT2D eigenvalue weighted by atomic mass is 10.2. The molecule has 0 saturated carbocycles. The zero-order chi connectivity index (χ0) is 9.68. The molecule has 0 saturated heterocycles. The predicted molar refractivity (Wildman–Crippen MR) is 53.5 cm³/mol. The zero-order valence-corrected chi connectivity index (χ0v) is 8.42. The van der Waals surface area contributed by atoms with Gasteiger partial charge in [-0.3, -0.25) is 4.79 Å². The first-order chi connectivity index (χ1) is 6.20. The lowest BCUT2D eigenvalue weighted by molar-refractivity contribution is -0.129. The summed E-state index contributed by atoms with van der Waals surface area (Å²) in [6.07, 6.45) is 5.17. The number of rotatable bonds is 3. The number of nitrogens with one attached hydrogen (secondary N) is 1. The highest BCUT2D eigenvalue weighted by atomic mass is 16.2. The van der Waals surface area contributed by atoms with Crippen molar-refractivity contribution in [2.24, 2.45) is 0 Å². The molecule has 1 N–H and O–H groups in total. The van der Waals surface area contributed by atoms with Crippen LogP contribution in [0.1, 0.15) is 20.3 Å². The molecule has 3 heteroatoms. The molecule has 74 valence electrons. The summed E-state index contributed by atoms with van der Waals surface area (Å²) >= 11 is 0. The molecule has 0 fully saturated rings. The SMILES string of the molecule is CC(C)NCC(=O)N1CC=CCC1. The lowest BCUT2D eigenvalue weighted by Gasteiger charge is -2.23. The van der Waals surface area contributed by atoms with E-state index in [-0.39, 0.29) is 5.91 Å². The van der Waals surface area contributed by atoms with Gasteiger partial charge in [0.15, 0.2) is 0 Å². The molecule has 0 aliphatic carbocycles. The Morgan fingerprint density at radius 1 is 1.54 bits per heavy atom. The first-order valence-electron chi connectivity index (χ1n) is 4.86. The van der Waals surface area contributed by atoms with E-state index in [0.717, 1.165) is 19.5 Å². The van der Waals surface area contributed by atoms with Crippen LogP contribution in [-0.2, 0) is 4.79 Å². The van der Waals surface area contributed by atoms with Gasteiger partial charge >= 0.3 is 0 Å². The van der Waals surface area contributed by atoms with Crippen molar-refractivity contribution in [3.05, 3.63) is 12.2 Å². The average molecular weight is 182 g/mol. The van der Waals surface area contributed by atoms with Gasteiger partial charge in [0.1, 0.15) is 0 Å². The minimum atomic E-state index is 0.207. The molecule has 0 atom stereocenters. The van der Waals surface area contributed by atoms with E-state index in [1.165, 1.54) is 0 Å². The Bertz CT molecular complexity index is 199. The summed E-state index contributed by atoms with van der Waals surface area (Å²) in [6.45, 7) is 6.20. The Morgan fingerprint density at radius 2 is 2.31 bits per heavy atom. The van der Waals surface area contributed by atoms with Crippen LogP contribution in [0.3, 0.4) is 0 Å². The Hall–Kier alpha value is -0.830. The largest absolute Gasteiger partial charge is 0.338 e. The average Bonchev–Trinajstić information content (AvgIpc) is 2.15. The van der Waals surface area contributed by atoms with Gasteiger partial charge in [-0.15, -0.1) is 0 Å². The summed E-state index contributed by atoms with van der Waals surface area (Å²) in [5.41, 5.74) is 0. The number of amides is 1. The van der Waals surface area contributed by atoms with Gasteiger partial charge in [0.05, 0.1) is 6.54 Å². The highest BCUT2D eigenvalue weighted by Gasteiger charge is 2.12. The molecule has 1 aliphatic rings. The maximum Gasteiger partial charge on any atom is 0.236 e. The summed E-state index contributed by atoms with van der Waals surface area (Å²) in [6, 6.07) is 0.379. The van der Waals surface area contributed by atoms with E-state index in [0.29, 0.717) is 12.6 Å². The number of carbonyl (C=O) groups is 1. The Morgan fingerprint density at radius 3 is 2.85 bits per heavy atom. The van der Waals surface area contributed by atoms with Gasteiger partial charge in [-0.1, -0.05) is 26.0 Å². The minimum Gasteiger partial charge on any atom is -0.338 e. The molecular weight excluding hydrogens is 164 g/mol. The fraction of sp³-hybridized carbons (Fsp3) is 0.700. The van der Waals surface area contributed by atoms with Crippen molar-refractivity contribution < 1.29 is 4.79 Å². The second-order valence-corrected chi connectivity index (χ2v) is 3.64. The van der Waals surface area contributed by atoms with Crippen LogP contribution < -0.4 is 5.32 Å². The zero-order valence-electron chi connectivity index (χ0n) is 8.42. The molecule has 0 bridgehead atoms. The summed E-state index contributed by atoms with van der Waals surface area (Å²) < 4.78 is 0. The summed E-state index contributed by atoms with van der Waals surface area (Å²) in [4.78, 5) is 13.4. The number of hydrogen-bond acceptors (Lipinski definition) is 2. The molecule has 1 heterocycles. The molecular formula is C10H18N2O. The van der Waals surface area contributed by atoms with Crippen molar-refractivity contribution in [3.8, 4) is 0 Å². The Labute approximate surface area is 79.8 Å². The molecule has 1 rings (SSSR count). The van der Waals surface area contributed by atoms with Crippen molar-refractivity contribution in [2.45, 2.75) is 26.3 Å². The topological polar surface area (TPSA) is 32.3 Å². The highest BCUT2D eigenvalue weighted by molar-refractivity contribution is 5.78. The second kappa shape index (κ2) is 5.02. The van der Waals surface area contributed by atoms with Gasteiger partial charge < -0.3 is 10.2 Å². The van der Waals surface area contributed by atoms with Crippen molar-refractivity contribution in [1.82, 2.24) is 10.2 Å². The molecule has 13 heavy (non-hydrogen) atoms. The summed E-state index contributed by atoms with van der Waals surface area (Å²) in [5.74, 6) is 0.207. The van der Waals surface area contributed by atoms with Crippen LogP contribution in [0.4, 0.5) is 0 Å². The summed E-state index contributed by atoms with van der Waals surface area (Å²) in [5, 5.41) is 3.13. The first kappa shape index (κ1) is 10.3. The number of nitrogens with zero attached hydrogens (tertiary/aromatic N) is 1. The van der Waals surface area contributed by atoms with Gasteiger partial charge in [-0.25, -0.2) is 0 Å². The van der Waals surface area contributed by atoms with Crippen molar-refractivity contribution in [3.63, 3.8) is 0 Å². The third-order valence-corrected chi connectivity index (χ3v) is 2.07. The Balaban J connectivity index is 2.26. The standard InChI is InChI=1S/C10H18N2O/c1-9(2)11-8-10(13)12-6-4-3-5-7-12/h3-4,9,11H,5-8H2,1-2H3. The minimum absolute atomic E-state index is 0.207. The molecule has 0 aromatic heterocycles. The Kier molecular flexibility index (Phi) is 3.96. The maximum atomic E-state index is 11.5. The van der Waals surface area contributed by atoms with Gasteiger partial charge in [0, 0.05) is 19.1 Å². The van der Waals surface area contributed by atoms with Crippen molar-refractivity contribution in [1.29, 1.82) is 0 Å². The van der Waals surface area contributed by atoms with E-state index in [1.807, 2.05) is 18.7 Å². The van der Waals surface area contributed by atoms with Crippen LogP contribution in [0.2, 0.25) is 0 Å². The monoisotopic (exact) mass is 182 g/mol. The lowest BCUT2D eigenvalue weighted by Crippen LogP contribution is -2.41. The van der Waals surface area contributed by atoms with E-state index in [2.05, 4.69) is 17.5 Å². The van der Waals surface area contributed by atoms with Gasteiger partial charge in [-0.2, -0.15) is 0 Å². The van der Waals surface area contributed by atoms with Crippen molar-refractivity contribution in [2.75, 3.05) is 19.6 Å². The number of hydrogen-bond donors (Lipinski definition) is 1. The molecule has 0 spiro atoms. The second-order valence-electron chi connectivity index (χ2n) is 3.64. The first-order valence-corrected chi connectivity index (χ1v) is 4.86. The number of carbonyl (C=O) groups excluding carboxylic acids is 1. The molecule has 0 aromatic carbocycles. The van der Waals surface area contributed by atoms with E-state index in [9.17, 15) is 4.79 Å². The van der Waals surface area contributed by atoms with E-state index in [1.54, 1.807) is 0 Å². The maximum absolute atomic E-state index is 11.5. The van der Waals surface area contributed by atoms with Crippen LogP contribution in [0.25, 0.3) is 0 Å². The summed E-state index contributed by atoms with van der Waals surface area (Å²) in [7, 11) is 0. The normalized spacial score (nSPS) is 16.7. The van der Waals surface area contributed by atoms with E-state index in [4.69, 9.17) is 0 Å². The fourth-order valence-electron chi connectivity index (χ4n) is 1.27. The van der Waals surface area contributed by atoms with Crippen molar-refractivity contribution >= 4 is 5.91 Å². The van der Waals surface area contributed by atoms with E-state index >= 15 is 0 Å². The van der Waals surface area contributed by atoms with Gasteiger partial charge in [-0.05, 0) is 6.42 Å². The van der Waals surface area contributed by atoms with Gasteiger partial charge in [0.2, 0.25) is 5.91 Å². The molecule has 0 radical (unpaired) electrons. The smallest absolute Gasteiger partial charge is 0.236 e. The van der Waals surface area contributed by atoms with Crippen LogP contribution in [-0.4, -0.2) is 36.5 Å². The van der Waals surface area contributed by atoms with Crippen LogP contribution in [0.15, 0.2) is 12.2 Å². The predicted octanol–water partition coefficient (Wildman–Crippen LogP) is 0.773. The quantitative estimate of drug-likeness (QED) is 0.654. The van der Waals surface area contributed by atoms with E-state index < -0.39 is 0 Å². The molecule has 3 nitrogen and oxygen atoms in total.